The van der Waals surface area contributed by atoms with Crippen LogP contribution < -0.4 is 59.1 Å². The molecule has 0 aromatic carbocycles. The Hall–Kier alpha value is 2.52. The first kappa shape index (κ1) is 23.6. The summed E-state index contributed by atoms with van der Waals surface area (Å²) in [5.41, 5.74) is 0. The topological polar surface area (TPSA) is 109 Å². The van der Waals surface area contributed by atoms with Gasteiger partial charge in [0.15, 0.2) is 0 Å². The summed E-state index contributed by atoms with van der Waals surface area (Å²) >= 11 is 0. The van der Waals surface area contributed by atoms with E-state index in [0.29, 0.717) is 0 Å². The van der Waals surface area contributed by atoms with E-state index in [2.05, 4.69) is 0 Å². The number of hydrogen-bond donors (Lipinski definition) is 2. The van der Waals surface area contributed by atoms with Crippen LogP contribution in [0.25, 0.3) is 0 Å². The van der Waals surface area contributed by atoms with Crippen LogP contribution in [0.4, 0.5) is 0 Å². The van der Waals surface area contributed by atoms with Crippen LogP contribution in [0.1, 0.15) is 0 Å². The van der Waals surface area contributed by atoms with E-state index in [-0.39, 0.29) is 82.1 Å². The van der Waals surface area contributed by atoms with Gasteiger partial charge in [0.2, 0.25) is 0 Å². The fourth-order valence-corrected chi connectivity index (χ4v) is 4.79. The van der Waals surface area contributed by atoms with Gasteiger partial charge in [-0.25, -0.2) is 0 Å². The van der Waals surface area contributed by atoms with Crippen molar-refractivity contribution in [1.82, 2.24) is 0 Å². The van der Waals surface area contributed by atoms with Crippen molar-refractivity contribution in [3.05, 3.63) is 0 Å². The molecule has 0 rings (SSSR count). The summed E-state index contributed by atoms with van der Waals surface area (Å²) in [6, 6.07) is 0. The van der Waals surface area contributed by atoms with Gasteiger partial charge in [-0.2, -0.15) is 16.8 Å². The van der Waals surface area contributed by atoms with Crippen LogP contribution in [-0.4, -0.2) is 49.0 Å². The SMILES string of the molecule is O=S(=O)(O)CCSSCCS(=O)(=O)O.[Na+].[Na+]. The van der Waals surface area contributed by atoms with E-state index in [0.717, 1.165) is 21.6 Å². The molecular formula is C4H10Na2O6S4+2. The van der Waals surface area contributed by atoms with Crippen molar-refractivity contribution < 1.29 is 85.1 Å². The summed E-state index contributed by atoms with van der Waals surface area (Å²) in [7, 11) is -5.64. The summed E-state index contributed by atoms with van der Waals surface area (Å²) in [6.45, 7) is 0. The third-order valence-corrected chi connectivity index (χ3v) is 5.30. The molecular weight excluding hydrogens is 318 g/mol. The average Bonchev–Trinajstić information content (AvgIpc) is 1.92. The second-order valence-corrected chi connectivity index (χ2v) is 8.06. The maximum atomic E-state index is 10.2. The second-order valence-electron chi connectivity index (χ2n) is 2.22. The molecule has 0 saturated heterocycles. The molecule has 0 amide bonds. The molecule has 0 radical (unpaired) electrons. The van der Waals surface area contributed by atoms with Crippen LogP contribution in [0, 0.1) is 0 Å². The van der Waals surface area contributed by atoms with Gasteiger partial charge in [0.25, 0.3) is 20.2 Å². The molecule has 0 atom stereocenters. The molecule has 0 fully saturated rings. The molecule has 6 nitrogen and oxygen atoms in total. The first-order chi connectivity index (χ1) is 6.21. The molecule has 0 heterocycles. The fraction of sp³-hybridized carbons (Fsp3) is 1.00. The molecule has 0 saturated carbocycles. The molecule has 2 N–H and O–H groups in total. The average molecular weight is 328 g/mol. The van der Waals surface area contributed by atoms with Crippen LogP contribution >= 0.6 is 21.6 Å². The van der Waals surface area contributed by atoms with Gasteiger partial charge in [-0.3, -0.25) is 9.11 Å². The Balaban J connectivity index is -0.000000845. The van der Waals surface area contributed by atoms with E-state index >= 15 is 0 Å². The van der Waals surface area contributed by atoms with Gasteiger partial charge in [0, 0.05) is 11.5 Å². The smallest absolute Gasteiger partial charge is 0.286 e. The normalized spacial score (nSPS) is 11.4. The molecule has 0 aromatic heterocycles. The maximum absolute atomic E-state index is 10.2. The molecule has 0 aliphatic heterocycles. The molecule has 0 aliphatic rings. The largest absolute Gasteiger partial charge is 1.00 e. The summed E-state index contributed by atoms with van der Waals surface area (Å²) in [5, 5.41) is 0. The summed E-state index contributed by atoms with van der Waals surface area (Å²) in [4.78, 5) is 0. The molecule has 0 unspecified atom stereocenters. The van der Waals surface area contributed by atoms with Gasteiger partial charge in [-0.15, -0.1) is 0 Å². The van der Waals surface area contributed by atoms with Crippen LogP contribution in [-0.2, 0) is 20.2 Å². The molecule has 0 aliphatic carbocycles. The minimum absolute atomic E-state index is 0. The monoisotopic (exact) mass is 328 g/mol. The van der Waals surface area contributed by atoms with Gasteiger partial charge in [-0.1, -0.05) is 21.6 Å². The van der Waals surface area contributed by atoms with Crippen LogP contribution in [0.15, 0.2) is 0 Å². The molecule has 12 heteroatoms. The van der Waals surface area contributed by atoms with Crippen molar-refractivity contribution in [2.45, 2.75) is 0 Å². The zero-order chi connectivity index (χ0) is 11.2. The third-order valence-electron chi connectivity index (χ3n) is 0.933. The Labute approximate surface area is 148 Å². The minimum atomic E-state index is -3.94. The molecule has 86 valence electrons. The molecule has 16 heavy (non-hydrogen) atoms. The van der Waals surface area contributed by atoms with Gasteiger partial charge < -0.3 is 0 Å². The van der Waals surface area contributed by atoms with Gasteiger partial charge in [0.1, 0.15) is 0 Å². The quantitative estimate of drug-likeness (QED) is 0.206. The Bertz CT molecular complexity index is 315. The first-order valence-electron chi connectivity index (χ1n) is 3.35. The Morgan fingerprint density at radius 1 is 0.750 bits per heavy atom. The van der Waals surface area contributed by atoms with E-state index in [1.54, 1.807) is 0 Å². The number of rotatable bonds is 7. The maximum Gasteiger partial charge on any atom is 1.00 e. The van der Waals surface area contributed by atoms with Crippen molar-refractivity contribution in [2.75, 3.05) is 23.0 Å². The van der Waals surface area contributed by atoms with Crippen LogP contribution in [0.3, 0.4) is 0 Å². The van der Waals surface area contributed by atoms with E-state index in [1.165, 1.54) is 0 Å². The van der Waals surface area contributed by atoms with Crippen molar-refractivity contribution in [3.8, 4) is 0 Å². The fourth-order valence-electron chi connectivity index (χ4n) is 0.397. The van der Waals surface area contributed by atoms with Gasteiger partial charge in [-0.05, 0) is 0 Å². The third kappa shape index (κ3) is 21.8. The van der Waals surface area contributed by atoms with Crippen molar-refractivity contribution in [2.24, 2.45) is 0 Å². The predicted octanol–water partition coefficient (Wildman–Crippen LogP) is -5.85. The van der Waals surface area contributed by atoms with Crippen molar-refractivity contribution in [1.29, 1.82) is 0 Å². The van der Waals surface area contributed by atoms with E-state index in [4.69, 9.17) is 9.11 Å². The zero-order valence-corrected chi connectivity index (χ0v) is 16.3. The summed E-state index contributed by atoms with van der Waals surface area (Å²) in [5.74, 6) is -0.378. The predicted molar refractivity (Wildman–Crippen MR) is 57.7 cm³/mol. The van der Waals surface area contributed by atoms with Gasteiger partial charge in [0.05, 0.1) is 11.5 Å². The minimum Gasteiger partial charge on any atom is -0.286 e. The first-order valence-corrected chi connectivity index (χ1v) is 9.06. The Morgan fingerprint density at radius 2 is 1.00 bits per heavy atom. The molecule has 0 aromatic rings. The summed E-state index contributed by atoms with van der Waals surface area (Å²) < 4.78 is 57.5. The van der Waals surface area contributed by atoms with E-state index in [1.807, 2.05) is 0 Å². The second kappa shape index (κ2) is 11.4. The zero-order valence-electron chi connectivity index (χ0n) is 8.99. The van der Waals surface area contributed by atoms with Crippen molar-refractivity contribution >= 4 is 41.8 Å². The van der Waals surface area contributed by atoms with Gasteiger partial charge >= 0.3 is 59.1 Å². The van der Waals surface area contributed by atoms with Crippen LogP contribution in [0.5, 0.6) is 0 Å². The van der Waals surface area contributed by atoms with E-state index < -0.39 is 20.2 Å². The van der Waals surface area contributed by atoms with Crippen LogP contribution in [0.2, 0.25) is 0 Å². The van der Waals surface area contributed by atoms with Crippen molar-refractivity contribution in [3.63, 3.8) is 0 Å². The summed E-state index contributed by atoms with van der Waals surface area (Å²) in [6.07, 6.45) is 0. The molecule has 0 bridgehead atoms. The Kier molecular flexibility index (Phi) is 16.7. The number of hydrogen-bond acceptors (Lipinski definition) is 6. The molecule has 0 spiro atoms. The Morgan fingerprint density at radius 3 is 1.19 bits per heavy atom. The van der Waals surface area contributed by atoms with E-state index in [9.17, 15) is 16.8 Å². The standard InChI is InChI=1S/C4H10O6S4.2Na/c5-13(6,7)3-1-11-12-2-4-14(8,9)10;;/h1-4H2,(H,5,6,7)(H,8,9,10);;/q;2*+1.